The van der Waals surface area contributed by atoms with Crippen molar-refractivity contribution in [3.8, 4) is 0 Å². The molecule has 26 heavy (non-hydrogen) atoms. The molecule has 0 bridgehead atoms. The molecule has 2 aliphatic rings. The minimum absolute atomic E-state index is 0.000473. The molecule has 2 fully saturated rings. The molecule has 10 heteroatoms. The zero-order valence-corrected chi connectivity index (χ0v) is 15.2. The van der Waals surface area contributed by atoms with Crippen LogP contribution < -0.4 is 4.90 Å². The Bertz CT molecular complexity index is 913. The number of aromatic amines is 1. The summed E-state index contributed by atoms with van der Waals surface area (Å²) >= 11 is 0. The number of aryl methyl sites for hydroxylation is 1. The quantitative estimate of drug-likeness (QED) is 0.795. The molecule has 2 aromatic heterocycles. The second-order valence-corrected chi connectivity index (χ2v) is 8.74. The van der Waals surface area contributed by atoms with Crippen molar-refractivity contribution in [1.29, 1.82) is 0 Å². The number of nitrogens with one attached hydrogen (secondary N) is 1. The molecule has 4 rings (SSSR count). The van der Waals surface area contributed by atoms with E-state index in [4.69, 9.17) is 0 Å². The van der Waals surface area contributed by atoms with Crippen molar-refractivity contribution in [2.45, 2.75) is 25.4 Å². The third-order valence-corrected chi connectivity index (χ3v) is 6.68. The lowest BCUT2D eigenvalue weighted by atomic mass is 10.0. The van der Waals surface area contributed by atoms with Crippen molar-refractivity contribution in [1.82, 2.24) is 25.1 Å². The Labute approximate surface area is 151 Å². The van der Waals surface area contributed by atoms with Gasteiger partial charge in [0.05, 0.1) is 23.6 Å². The molecule has 2 aliphatic heterocycles. The molecule has 1 amide bonds. The summed E-state index contributed by atoms with van der Waals surface area (Å²) < 4.78 is 24.6. The highest BCUT2D eigenvalue weighted by atomic mass is 32.2. The fourth-order valence-corrected chi connectivity index (χ4v) is 5.67. The number of fused-ring (bicyclic) bond motifs is 1. The number of hydrogen-bond donors (Lipinski definition) is 1. The van der Waals surface area contributed by atoms with Gasteiger partial charge >= 0.3 is 0 Å². The minimum Gasteiger partial charge on any atom is -0.333 e. The van der Waals surface area contributed by atoms with E-state index in [2.05, 4.69) is 20.2 Å². The first-order chi connectivity index (χ1) is 12.5. The van der Waals surface area contributed by atoms with Crippen molar-refractivity contribution < 1.29 is 13.2 Å². The molecular weight excluding hydrogens is 356 g/mol. The van der Waals surface area contributed by atoms with Gasteiger partial charge in [0.15, 0.2) is 9.84 Å². The van der Waals surface area contributed by atoms with E-state index in [0.717, 1.165) is 12.1 Å². The van der Waals surface area contributed by atoms with Crippen LogP contribution in [-0.2, 0) is 16.3 Å². The molecule has 0 aliphatic carbocycles. The van der Waals surface area contributed by atoms with Crippen molar-refractivity contribution in [3.05, 3.63) is 35.9 Å². The van der Waals surface area contributed by atoms with Crippen LogP contribution in [-0.4, -0.2) is 76.1 Å². The summed E-state index contributed by atoms with van der Waals surface area (Å²) in [6.45, 7) is 2.86. The maximum Gasteiger partial charge on any atom is 0.274 e. The lowest BCUT2D eigenvalue weighted by molar-refractivity contribution is 0.0641. The molecule has 4 heterocycles. The molecule has 138 valence electrons. The van der Waals surface area contributed by atoms with Crippen molar-refractivity contribution in [2.24, 2.45) is 0 Å². The van der Waals surface area contributed by atoms with Crippen molar-refractivity contribution >= 4 is 21.7 Å². The van der Waals surface area contributed by atoms with E-state index in [-0.39, 0.29) is 23.5 Å². The fraction of sp³-hybridized carbons (Fsp3) is 0.500. The number of aromatic nitrogens is 4. The second-order valence-electron chi connectivity index (χ2n) is 6.58. The summed E-state index contributed by atoms with van der Waals surface area (Å²) in [5.74, 6) is 0.222. The van der Waals surface area contributed by atoms with Gasteiger partial charge in [0.2, 0.25) is 5.95 Å². The van der Waals surface area contributed by atoms with E-state index in [1.165, 1.54) is 0 Å². The van der Waals surface area contributed by atoms with Gasteiger partial charge in [0.1, 0.15) is 5.69 Å². The number of piperazine rings is 1. The molecule has 2 atom stereocenters. The van der Waals surface area contributed by atoms with Gasteiger partial charge in [-0.15, -0.1) is 0 Å². The minimum atomic E-state index is -3.24. The van der Waals surface area contributed by atoms with Gasteiger partial charge in [-0.3, -0.25) is 9.89 Å². The second kappa shape index (κ2) is 6.35. The van der Waals surface area contributed by atoms with Gasteiger partial charge in [-0.2, -0.15) is 5.10 Å². The van der Waals surface area contributed by atoms with Crippen LogP contribution >= 0.6 is 0 Å². The van der Waals surface area contributed by atoms with E-state index >= 15 is 0 Å². The lowest BCUT2D eigenvalue weighted by Crippen LogP contribution is -2.61. The molecule has 0 aromatic carbocycles. The number of amides is 1. The van der Waals surface area contributed by atoms with E-state index in [1.54, 1.807) is 29.4 Å². The van der Waals surface area contributed by atoms with Gasteiger partial charge in [-0.05, 0) is 18.6 Å². The first-order valence-corrected chi connectivity index (χ1v) is 10.4. The summed E-state index contributed by atoms with van der Waals surface area (Å²) in [6.07, 6.45) is 4.02. The third-order valence-electron chi connectivity index (χ3n) is 4.98. The molecule has 0 radical (unpaired) electrons. The number of nitrogens with zero attached hydrogens (tertiary/aromatic N) is 5. The van der Waals surface area contributed by atoms with Crippen LogP contribution in [0.15, 0.2) is 24.5 Å². The summed E-state index contributed by atoms with van der Waals surface area (Å²) in [6, 6.07) is 2.68. The molecular formula is C16H20N6O3S. The summed E-state index contributed by atoms with van der Waals surface area (Å²) in [5, 5.41) is 6.93. The van der Waals surface area contributed by atoms with Crippen LogP contribution in [0, 0.1) is 0 Å². The molecule has 0 unspecified atom stereocenters. The average Bonchev–Trinajstić information content (AvgIpc) is 3.24. The standard InChI is InChI=1S/C16H20N6O3S/c1-2-11-8-12(20-19-11)15(23)21-6-7-22(16-17-4-3-5-18-16)14-10-26(24,25)9-13(14)21/h3-5,8,13-14H,2,6-7,9-10H2,1H3,(H,19,20)/t13-,14+/m0/s1. The highest BCUT2D eigenvalue weighted by Gasteiger charge is 2.49. The third kappa shape index (κ3) is 2.94. The zero-order chi connectivity index (χ0) is 18.3. The van der Waals surface area contributed by atoms with E-state index in [9.17, 15) is 13.2 Å². The molecule has 0 saturated carbocycles. The van der Waals surface area contributed by atoms with Crippen LogP contribution in [0.5, 0.6) is 0 Å². The first kappa shape index (κ1) is 17.0. The zero-order valence-electron chi connectivity index (χ0n) is 14.4. The number of H-pyrrole nitrogens is 1. The van der Waals surface area contributed by atoms with Crippen molar-refractivity contribution in [2.75, 3.05) is 29.5 Å². The number of carbonyl (C=O) groups is 1. The van der Waals surface area contributed by atoms with Gasteiger partial charge in [0, 0.05) is 31.2 Å². The molecule has 0 spiro atoms. The van der Waals surface area contributed by atoms with Crippen LogP contribution in [0.25, 0.3) is 0 Å². The summed E-state index contributed by atoms with van der Waals surface area (Å²) in [4.78, 5) is 25.0. The normalized spacial score (nSPS) is 24.5. The maximum atomic E-state index is 12.9. The van der Waals surface area contributed by atoms with Crippen LogP contribution in [0.2, 0.25) is 0 Å². The fourth-order valence-electron chi connectivity index (χ4n) is 3.69. The van der Waals surface area contributed by atoms with Crippen LogP contribution in [0.3, 0.4) is 0 Å². The number of sulfone groups is 1. The molecule has 9 nitrogen and oxygen atoms in total. The van der Waals surface area contributed by atoms with Crippen LogP contribution in [0.4, 0.5) is 5.95 Å². The van der Waals surface area contributed by atoms with Crippen molar-refractivity contribution in [3.63, 3.8) is 0 Å². The average molecular weight is 376 g/mol. The summed E-state index contributed by atoms with van der Waals surface area (Å²) in [5.41, 5.74) is 1.20. The van der Waals surface area contributed by atoms with Gasteiger partial charge in [-0.1, -0.05) is 6.92 Å². The molecule has 2 saturated heterocycles. The number of carbonyl (C=O) groups excluding carboxylic acids is 1. The predicted octanol–water partition coefficient (Wildman–Crippen LogP) is -0.110. The number of rotatable bonds is 3. The van der Waals surface area contributed by atoms with E-state index < -0.39 is 15.9 Å². The monoisotopic (exact) mass is 376 g/mol. The Morgan fingerprint density at radius 1 is 1.23 bits per heavy atom. The molecule has 1 N–H and O–H groups in total. The van der Waals surface area contributed by atoms with E-state index in [1.807, 2.05) is 11.8 Å². The number of anilines is 1. The van der Waals surface area contributed by atoms with Gasteiger partial charge in [0.25, 0.3) is 5.91 Å². The van der Waals surface area contributed by atoms with Crippen LogP contribution in [0.1, 0.15) is 23.1 Å². The Morgan fingerprint density at radius 3 is 2.65 bits per heavy atom. The first-order valence-electron chi connectivity index (χ1n) is 8.58. The SMILES string of the molecule is CCc1cc(C(=O)N2CCN(c3ncccn3)[C@@H]3CS(=O)(=O)C[C@@H]32)n[nH]1. The topological polar surface area (TPSA) is 112 Å². The van der Waals surface area contributed by atoms with E-state index in [0.29, 0.717) is 24.7 Å². The largest absolute Gasteiger partial charge is 0.333 e. The van der Waals surface area contributed by atoms with Gasteiger partial charge in [-0.25, -0.2) is 18.4 Å². The van der Waals surface area contributed by atoms with Gasteiger partial charge < -0.3 is 9.80 Å². The molecule has 2 aromatic rings. The smallest absolute Gasteiger partial charge is 0.274 e. The highest BCUT2D eigenvalue weighted by molar-refractivity contribution is 7.91. The summed E-state index contributed by atoms with van der Waals surface area (Å²) in [7, 11) is -3.24. The highest BCUT2D eigenvalue weighted by Crippen LogP contribution is 2.30. The lowest BCUT2D eigenvalue weighted by Gasteiger charge is -2.43. The Kier molecular flexibility index (Phi) is 4.14. The predicted molar refractivity (Wildman–Crippen MR) is 94.6 cm³/mol. The Balaban J connectivity index is 1.64. The Morgan fingerprint density at radius 2 is 1.96 bits per heavy atom. The maximum absolute atomic E-state index is 12.9. The Hall–Kier alpha value is -2.49. The number of hydrogen-bond acceptors (Lipinski definition) is 7.